The third-order valence-corrected chi connectivity index (χ3v) is 5.05. The van der Waals surface area contributed by atoms with Gasteiger partial charge in [0, 0.05) is 23.3 Å². The molecule has 1 amide bonds. The Morgan fingerprint density at radius 3 is 1.70 bits per heavy atom. The summed E-state index contributed by atoms with van der Waals surface area (Å²) in [5.74, 6) is -2.18. The van der Waals surface area contributed by atoms with E-state index in [1.165, 1.54) is 5.56 Å². The van der Waals surface area contributed by atoms with E-state index < -0.39 is 12.1 Å². The van der Waals surface area contributed by atoms with Crippen LogP contribution in [0.25, 0.3) is 0 Å². The molecule has 0 aliphatic heterocycles. The number of hydrogen-bond donors (Lipinski definition) is 2. The molecule has 0 radical (unpaired) electrons. The van der Waals surface area contributed by atoms with E-state index in [2.05, 4.69) is 29.6 Å². The highest BCUT2D eigenvalue weighted by molar-refractivity contribution is 6.01. The molecule has 2 N–H and O–H groups in total. The Hall–Kier alpha value is -3.65. The zero-order valence-electron chi connectivity index (χ0n) is 17.6. The molecule has 1 saturated carbocycles. The molecule has 0 saturated heterocycles. The summed E-state index contributed by atoms with van der Waals surface area (Å²) in [6.45, 7) is 0.331. The summed E-state index contributed by atoms with van der Waals surface area (Å²) < 4.78 is 31.7. The van der Waals surface area contributed by atoms with Crippen molar-refractivity contribution in [2.45, 2.75) is 24.6 Å². The number of para-hydroxylation sites is 2. The summed E-state index contributed by atoms with van der Waals surface area (Å²) in [4.78, 5) is 23.7. The first kappa shape index (κ1) is 24.0. The highest BCUT2D eigenvalue weighted by Gasteiger charge is 2.39. The molecule has 1 fully saturated rings. The number of halogens is 3. The molecule has 0 bridgehead atoms. The van der Waals surface area contributed by atoms with Crippen molar-refractivity contribution in [1.82, 2.24) is 5.32 Å². The van der Waals surface area contributed by atoms with Crippen LogP contribution in [-0.2, 0) is 9.59 Å². The Balaban J connectivity index is 0.000000383. The van der Waals surface area contributed by atoms with Crippen molar-refractivity contribution in [3.8, 4) is 0 Å². The number of benzene rings is 3. The van der Waals surface area contributed by atoms with Crippen molar-refractivity contribution in [3.05, 3.63) is 96.6 Å². The van der Waals surface area contributed by atoms with E-state index in [9.17, 15) is 18.0 Å². The van der Waals surface area contributed by atoms with Gasteiger partial charge < -0.3 is 10.4 Å². The van der Waals surface area contributed by atoms with Gasteiger partial charge in [0.25, 0.3) is 0 Å². The first-order valence-electron chi connectivity index (χ1n) is 10.3. The van der Waals surface area contributed by atoms with Gasteiger partial charge in [-0.05, 0) is 36.2 Å². The molecular formula is C25H23F3N2O3. The molecule has 8 heteroatoms. The minimum absolute atomic E-state index is 0.0566. The molecule has 0 unspecified atom stereocenters. The van der Waals surface area contributed by atoms with E-state index in [0.29, 0.717) is 18.5 Å². The van der Waals surface area contributed by atoms with E-state index in [0.717, 1.165) is 17.8 Å². The minimum atomic E-state index is -5.08. The first-order chi connectivity index (χ1) is 15.8. The Bertz CT molecular complexity index is 1010. The molecule has 3 aromatic carbocycles. The molecule has 0 heterocycles. The summed E-state index contributed by atoms with van der Waals surface area (Å²) in [6.07, 6.45) is -3.99. The number of carbonyl (C=O) groups excluding carboxylic acids is 1. The smallest absolute Gasteiger partial charge is 0.475 e. The summed E-state index contributed by atoms with van der Waals surface area (Å²) >= 11 is 0. The van der Waals surface area contributed by atoms with Crippen LogP contribution in [0.15, 0.2) is 91.0 Å². The van der Waals surface area contributed by atoms with Gasteiger partial charge in [-0.1, -0.05) is 66.7 Å². The predicted molar refractivity (Wildman–Crippen MR) is 119 cm³/mol. The molecule has 5 nitrogen and oxygen atoms in total. The number of carboxylic acids is 1. The standard InChI is InChI=1S/C23H22N2O.C2HF3O2/c26-23(17-24-22-16-21(22)18-10-4-1-5-11-18)25(19-12-6-2-7-13-19)20-14-8-3-9-15-20;3-2(4,5)1(6)7/h1-15,21-22,24H,16-17H2;(H,6,7)/t21-,22+;/m0./s1. The van der Waals surface area contributed by atoms with Crippen molar-refractivity contribution in [2.75, 3.05) is 11.4 Å². The fourth-order valence-corrected chi connectivity index (χ4v) is 3.38. The van der Waals surface area contributed by atoms with Crippen LogP contribution in [0.2, 0.25) is 0 Å². The normalized spacial score (nSPS) is 16.8. The van der Waals surface area contributed by atoms with Crippen molar-refractivity contribution in [2.24, 2.45) is 0 Å². The zero-order valence-corrected chi connectivity index (χ0v) is 17.6. The molecule has 172 valence electrons. The summed E-state index contributed by atoms with van der Waals surface area (Å²) in [5, 5.41) is 10.6. The van der Waals surface area contributed by atoms with Crippen LogP contribution in [0.1, 0.15) is 17.9 Å². The van der Waals surface area contributed by atoms with Gasteiger partial charge in [-0.3, -0.25) is 9.69 Å². The van der Waals surface area contributed by atoms with Crippen LogP contribution in [0.5, 0.6) is 0 Å². The SMILES string of the molecule is O=C(CN[C@@H]1C[C@H]1c1ccccc1)N(c1ccccc1)c1ccccc1.O=C(O)C(F)(F)F. The first-order valence-corrected chi connectivity index (χ1v) is 10.3. The molecule has 1 aliphatic rings. The quantitative estimate of drug-likeness (QED) is 0.540. The van der Waals surface area contributed by atoms with Crippen molar-refractivity contribution < 1.29 is 27.9 Å². The number of nitrogens with zero attached hydrogens (tertiary/aromatic N) is 1. The van der Waals surface area contributed by atoms with Gasteiger partial charge in [-0.2, -0.15) is 13.2 Å². The summed E-state index contributed by atoms with van der Waals surface area (Å²) in [6, 6.07) is 30.5. The van der Waals surface area contributed by atoms with Gasteiger partial charge in [0.15, 0.2) is 0 Å². The van der Waals surface area contributed by atoms with Gasteiger partial charge in [-0.15, -0.1) is 0 Å². The number of amides is 1. The second kappa shape index (κ2) is 10.8. The fourth-order valence-electron chi connectivity index (χ4n) is 3.38. The van der Waals surface area contributed by atoms with Crippen LogP contribution in [0.3, 0.4) is 0 Å². The lowest BCUT2D eigenvalue weighted by atomic mass is 10.1. The van der Waals surface area contributed by atoms with Crippen LogP contribution >= 0.6 is 0 Å². The van der Waals surface area contributed by atoms with E-state index in [-0.39, 0.29) is 5.91 Å². The van der Waals surface area contributed by atoms with Crippen LogP contribution in [0.4, 0.5) is 24.5 Å². The van der Waals surface area contributed by atoms with Gasteiger partial charge in [0.2, 0.25) is 5.91 Å². The number of nitrogens with one attached hydrogen (secondary N) is 1. The van der Waals surface area contributed by atoms with E-state index in [1.54, 1.807) is 4.90 Å². The third-order valence-electron chi connectivity index (χ3n) is 5.05. The monoisotopic (exact) mass is 456 g/mol. The zero-order chi connectivity index (χ0) is 23.8. The number of aliphatic carboxylic acids is 1. The molecule has 4 rings (SSSR count). The topological polar surface area (TPSA) is 69.6 Å². The number of carbonyl (C=O) groups is 2. The maximum absolute atomic E-state index is 13.0. The molecule has 2 atom stereocenters. The number of hydrogen-bond acceptors (Lipinski definition) is 3. The maximum Gasteiger partial charge on any atom is 0.490 e. The molecule has 0 spiro atoms. The maximum atomic E-state index is 13.0. The average Bonchev–Trinajstić information content (AvgIpc) is 3.60. The van der Waals surface area contributed by atoms with Gasteiger partial charge in [-0.25, -0.2) is 4.79 Å². The second-order valence-electron chi connectivity index (χ2n) is 7.44. The van der Waals surface area contributed by atoms with E-state index in [1.807, 2.05) is 66.7 Å². The highest BCUT2D eigenvalue weighted by Crippen LogP contribution is 2.40. The van der Waals surface area contributed by atoms with Crippen molar-refractivity contribution >= 4 is 23.3 Å². The second-order valence-corrected chi connectivity index (χ2v) is 7.44. The van der Waals surface area contributed by atoms with Gasteiger partial charge in [0.05, 0.1) is 6.54 Å². The molecule has 33 heavy (non-hydrogen) atoms. The number of alkyl halides is 3. The van der Waals surface area contributed by atoms with Crippen molar-refractivity contribution in [3.63, 3.8) is 0 Å². The highest BCUT2D eigenvalue weighted by atomic mass is 19.4. The lowest BCUT2D eigenvalue weighted by Gasteiger charge is -2.23. The average molecular weight is 456 g/mol. The van der Waals surface area contributed by atoms with Gasteiger partial charge in [0.1, 0.15) is 0 Å². The van der Waals surface area contributed by atoms with E-state index >= 15 is 0 Å². The predicted octanol–water partition coefficient (Wildman–Crippen LogP) is 5.13. The molecule has 3 aromatic rings. The Labute approximate surface area is 189 Å². The lowest BCUT2D eigenvalue weighted by molar-refractivity contribution is -0.192. The third kappa shape index (κ3) is 6.92. The van der Waals surface area contributed by atoms with Gasteiger partial charge >= 0.3 is 12.1 Å². The van der Waals surface area contributed by atoms with E-state index in [4.69, 9.17) is 9.90 Å². The van der Waals surface area contributed by atoms with Crippen molar-refractivity contribution in [1.29, 1.82) is 0 Å². The lowest BCUT2D eigenvalue weighted by Crippen LogP contribution is -2.36. The minimum Gasteiger partial charge on any atom is -0.475 e. The van der Waals surface area contributed by atoms with Crippen LogP contribution < -0.4 is 10.2 Å². The molecule has 1 aliphatic carbocycles. The number of anilines is 2. The Morgan fingerprint density at radius 2 is 1.27 bits per heavy atom. The fraction of sp³-hybridized carbons (Fsp3) is 0.200. The largest absolute Gasteiger partial charge is 0.490 e. The van der Waals surface area contributed by atoms with Crippen LogP contribution in [0, 0.1) is 0 Å². The number of carboxylic acid groups (broad SMARTS) is 1. The summed E-state index contributed by atoms with van der Waals surface area (Å²) in [5.41, 5.74) is 3.13. The molecule has 0 aromatic heterocycles. The summed E-state index contributed by atoms with van der Waals surface area (Å²) in [7, 11) is 0. The Morgan fingerprint density at radius 1 is 0.848 bits per heavy atom. The number of rotatable bonds is 6. The molecular weight excluding hydrogens is 433 g/mol. The van der Waals surface area contributed by atoms with Crippen LogP contribution in [-0.4, -0.2) is 35.7 Å². The Kier molecular flexibility index (Phi) is 7.84.